The normalized spacial score (nSPS) is 17.5. The van der Waals surface area contributed by atoms with Gasteiger partial charge in [0.2, 0.25) is 0 Å². The average Bonchev–Trinajstić information content (AvgIpc) is 2.44. The molecule has 1 heteroatoms. The molecule has 25 heavy (non-hydrogen) atoms. The highest BCUT2D eigenvalue weighted by Crippen LogP contribution is 2.29. The molecule has 1 nitrogen and oxygen atoms in total. The molecule has 0 aromatic carbocycles. The maximum atomic E-state index is 6.88. The highest BCUT2D eigenvalue weighted by Gasteiger charge is 2.27. The third-order valence-electron chi connectivity index (χ3n) is 5.36. The molecule has 4 atom stereocenters. The summed E-state index contributed by atoms with van der Waals surface area (Å²) < 4.78 is 6.88. The molecule has 0 N–H and O–H groups in total. The quantitative estimate of drug-likeness (QED) is 0.307. The van der Waals surface area contributed by atoms with Gasteiger partial charge in [-0.15, -0.1) is 0 Å². The maximum Gasteiger partial charge on any atom is 0.0604 e. The lowest BCUT2D eigenvalue weighted by molar-refractivity contribution is -0.0789. The lowest BCUT2D eigenvalue weighted by Crippen LogP contribution is -2.33. The van der Waals surface area contributed by atoms with Gasteiger partial charge in [-0.1, -0.05) is 69.2 Å². The second kappa shape index (κ2) is 13.2. The van der Waals surface area contributed by atoms with E-state index in [0.717, 1.165) is 23.7 Å². The van der Waals surface area contributed by atoms with Gasteiger partial charge in [-0.3, -0.25) is 0 Å². The van der Waals surface area contributed by atoms with Crippen LogP contribution < -0.4 is 0 Å². The van der Waals surface area contributed by atoms with E-state index in [0.29, 0.717) is 24.0 Å². The van der Waals surface area contributed by atoms with Crippen LogP contribution in [0.2, 0.25) is 0 Å². The summed E-state index contributed by atoms with van der Waals surface area (Å²) in [7, 11) is 0. The molecule has 4 unspecified atom stereocenters. The zero-order chi connectivity index (χ0) is 19.6. The fourth-order valence-corrected chi connectivity index (χ4v) is 3.98. The number of hydrogen-bond donors (Lipinski definition) is 0. The lowest BCUT2D eigenvalue weighted by atomic mass is 9.87. The van der Waals surface area contributed by atoms with Crippen LogP contribution in [0.3, 0.4) is 0 Å². The molecule has 0 bridgehead atoms. The van der Waals surface area contributed by atoms with E-state index in [2.05, 4.69) is 69.2 Å². The number of rotatable bonds is 14. The summed E-state index contributed by atoms with van der Waals surface area (Å²) in [5.74, 6) is 4.35. The van der Waals surface area contributed by atoms with Gasteiger partial charge in [-0.25, -0.2) is 0 Å². The fraction of sp³-hybridized carbons (Fsp3) is 1.00. The zero-order valence-corrected chi connectivity index (χ0v) is 19.3. The van der Waals surface area contributed by atoms with Crippen LogP contribution in [0.5, 0.6) is 0 Å². The molecule has 0 spiro atoms. The molecule has 0 saturated heterocycles. The molecule has 0 saturated carbocycles. The van der Waals surface area contributed by atoms with Crippen LogP contribution in [-0.4, -0.2) is 12.2 Å². The molecule has 0 radical (unpaired) electrons. The number of hydrogen-bond acceptors (Lipinski definition) is 1. The van der Waals surface area contributed by atoms with Crippen molar-refractivity contribution in [3.63, 3.8) is 0 Å². The molecule has 0 fully saturated rings. The molecule has 0 heterocycles. The van der Waals surface area contributed by atoms with Crippen molar-refractivity contribution in [3.8, 4) is 0 Å². The Morgan fingerprint density at radius 3 is 1.00 bits per heavy atom. The van der Waals surface area contributed by atoms with Crippen molar-refractivity contribution in [1.82, 2.24) is 0 Å². The smallest absolute Gasteiger partial charge is 0.0604 e. The Balaban J connectivity index is 5.03. The van der Waals surface area contributed by atoms with Crippen molar-refractivity contribution in [3.05, 3.63) is 0 Å². The average molecular weight is 355 g/mol. The Labute approximate surface area is 160 Å². The summed E-state index contributed by atoms with van der Waals surface area (Å²) >= 11 is 0. The summed E-state index contributed by atoms with van der Waals surface area (Å²) in [5.41, 5.74) is 0. The Morgan fingerprint density at radius 2 is 0.760 bits per heavy atom. The highest BCUT2D eigenvalue weighted by molar-refractivity contribution is 4.75. The maximum absolute atomic E-state index is 6.88. The third-order valence-corrected chi connectivity index (χ3v) is 5.36. The van der Waals surface area contributed by atoms with Crippen LogP contribution >= 0.6 is 0 Å². The van der Waals surface area contributed by atoms with Gasteiger partial charge in [-0.2, -0.15) is 0 Å². The third kappa shape index (κ3) is 12.9. The van der Waals surface area contributed by atoms with E-state index in [4.69, 9.17) is 4.74 Å². The van der Waals surface area contributed by atoms with E-state index in [1.54, 1.807) is 0 Å². The first-order valence-electron chi connectivity index (χ1n) is 11.2. The van der Waals surface area contributed by atoms with E-state index < -0.39 is 0 Å². The van der Waals surface area contributed by atoms with Gasteiger partial charge in [0.25, 0.3) is 0 Å². The van der Waals surface area contributed by atoms with E-state index in [1.165, 1.54) is 38.5 Å². The SMILES string of the molecule is CC(C)CCC(OC(CCC(C)C)C(C)CC(C)C)C(C)CC(C)C. The van der Waals surface area contributed by atoms with Crippen LogP contribution in [-0.2, 0) is 4.74 Å². The molecule has 0 aromatic rings. The van der Waals surface area contributed by atoms with Crippen molar-refractivity contribution >= 4 is 0 Å². The van der Waals surface area contributed by atoms with E-state index in [1.807, 2.05) is 0 Å². The molecule has 0 amide bonds. The Bertz CT molecular complexity index is 275. The monoisotopic (exact) mass is 354 g/mol. The molecular weight excluding hydrogens is 304 g/mol. The van der Waals surface area contributed by atoms with Gasteiger partial charge in [0, 0.05) is 0 Å². The Kier molecular flexibility index (Phi) is 13.2. The van der Waals surface area contributed by atoms with Gasteiger partial charge in [0.1, 0.15) is 0 Å². The minimum atomic E-state index is 0.427. The second-order valence-electron chi connectivity index (χ2n) is 10.4. The van der Waals surface area contributed by atoms with Gasteiger partial charge >= 0.3 is 0 Å². The highest BCUT2D eigenvalue weighted by atomic mass is 16.5. The van der Waals surface area contributed by atoms with Crippen molar-refractivity contribution in [2.75, 3.05) is 0 Å². The van der Waals surface area contributed by atoms with Crippen molar-refractivity contribution in [2.45, 2.75) is 120 Å². The Hall–Kier alpha value is -0.0400. The molecule has 0 rings (SSSR count). The van der Waals surface area contributed by atoms with E-state index >= 15 is 0 Å². The van der Waals surface area contributed by atoms with Crippen molar-refractivity contribution in [1.29, 1.82) is 0 Å². The molecule has 0 aromatic heterocycles. The standard InChI is InChI=1S/C24H50O/c1-17(2)11-13-23(21(9)15-19(5)6)25-24(14-12-18(3)4)22(10)16-20(7)8/h17-24H,11-16H2,1-10H3. The van der Waals surface area contributed by atoms with Crippen LogP contribution in [0.15, 0.2) is 0 Å². The molecule has 0 aliphatic carbocycles. The summed E-state index contributed by atoms with van der Waals surface area (Å²) in [5, 5.41) is 0. The van der Waals surface area contributed by atoms with Gasteiger partial charge in [0.05, 0.1) is 12.2 Å². The largest absolute Gasteiger partial charge is 0.374 e. The van der Waals surface area contributed by atoms with Gasteiger partial charge < -0.3 is 4.74 Å². The first-order chi connectivity index (χ1) is 11.5. The van der Waals surface area contributed by atoms with Crippen LogP contribution in [0, 0.1) is 35.5 Å². The summed E-state index contributed by atoms with van der Waals surface area (Å²) in [4.78, 5) is 0. The van der Waals surface area contributed by atoms with Crippen molar-refractivity contribution in [2.24, 2.45) is 35.5 Å². The molecule has 0 aliphatic rings. The topological polar surface area (TPSA) is 9.23 Å². The van der Waals surface area contributed by atoms with Gasteiger partial charge in [-0.05, 0) is 74.0 Å². The van der Waals surface area contributed by atoms with Crippen LogP contribution in [0.25, 0.3) is 0 Å². The lowest BCUT2D eigenvalue weighted by Gasteiger charge is -2.34. The van der Waals surface area contributed by atoms with Crippen molar-refractivity contribution < 1.29 is 4.74 Å². The first kappa shape index (κ1) is 25.0. The van der Waals surface area contributed by atoms with E-state index in [-0.39, 0.29) is 0 Å². The van der Waals surface area contributed by atoms with Crippen LogP contribution in [0.4, 0.5) is 0 Å². The molecular formula is C24H50O. The minimum Gasteiger partial charge on any atom is -0.374 e. The predicted molar refractivity (Wildman–Crippen MR) is 114 cm³/mol. The molecule has 0 aliphatic heterocycles. The van der Waals surface area contributed by atoms with Gasteiger partial charge in [0.15, 0.2) is 0 Å². The van der Waals surface area contributed by atoms with Crippen LogP contribution in [0.1, 0.15) is 108 Å². The summed E-state index contributed by atoms with van der Waals surface area (Å²) in [6.07, 6.45) is 8.41. The predicted octanol–water partition coefficient (Wildman–Crippen LogP) is 7.98. The zero-order valence-electron chi connectivity index (χ0n) is 19.3. The first-order valence-corrected chi connectivity index (χ1v) is 11.2. The number of ether oxygens (including phenoxy) is 1. The molecule has 152 valence electrons. The van der Waals surface area contributed by atoms with E-state index in [9.17, 15) is 0 Å². The second-order valence-corrected chi connectivity index (χ2v) is 10.4. The summed E-state index contributed by atoms with van der Waals surface area (Å²) in [6.45, 7) is 23.5. The fourth-order valence-electron chi connectivity index (χ4n) is 3.98. The Morgan fingerprint density at radius 1 is 0.440 bits per heavy atom. The minimum absolute atomic E-state index is 0.427. The summed E-state index contributed by atoms with van der Waals surface area (Å²) in [6, 6.07) is 0.